The van der Waals surface area contributed by atoms with Crippen LogP contribution in [0.3, 0.4) is 0 Å². The van der Waals surface area contributed by atoms with Crippen molar-refractivity contribution in [3.63, 3.8) is 0 Å². The lowest BCUT2D eigenvalue weighted by Crippen LogP contribution is -2.29. The summed E-state index contributed by atoms with van der Waals surface area (Å²) in [5, 5.41) is 12.9. The van der Waals surface area contributed by atoms with E-state index in [9.17, 15) is 9.18 Å². The van der Waals surface area contributed by atoms with Crippen molar-refractivity contribution in [2.24, 2.45) is 11.8 Å². The first kappa shape index (κ1) is 20.0. The van der Waals surface area contributed by atoms with Gasteiger partial charge in [-0.15, -0.1) is 0 Å². The van der Waals surface area contributed by atoms with Crippen LogP contribution in [0.1, 0.15) is 49.7 Å². The fourth-order valence-electron chi connectivity index (χ4n) is 4.53. The molecular weight excluding hydrogens is 377 g/mol. The van der Waals surface area contributed by atoms with Crippen molar-refractivity contribution in [3.8, 4) is 6.07 Å². The minimum atomic E-state index is -0.266. The lowest BCUT2D eigenvalue weighted by molar-refractivity contribution is -0.121. The number of amides is 1. The van der Waals surface area contributed by atoms with E-state index < -0.39 is 0 Å². The number of carbonyl (C=O) groups is 1. The Balaban J connectivity index is 1.39. The number of hydrogen-bond donors (Lipinski definition) is 1. The van der Waals surface area contributed by atoms with Crippen LogP contribution >= 0.6 is 0 Å². The van der Waals surface area contributed by atoms with Gasteiger partial charge in [-0.1, -0.05) is 6.92 Å². The van der Waals surface area contributed by atoms with Crippen LogP contribution in [-0.4, -0.2) is 10.9 Å². The molecule has 1 aliphatic rings. The molecule has 0 spiro atoms. The van der Waals surface area contributed by atoms with Crippen molar-refractivity contribution in [2.45, 2.75) is 38.5 Å². The van der Waals surface area contributed by atoms with Crippen molar-refractivity contribution >= 4 is 22.5 Å². The van der Waals surface area contributed by atoms with E-state index in [1.807, 2.05) is 19.1 Å². The summed E-state index contributed by atoms with van der Waals surface area (Å²) in [7, 11) is 0. The molecule has 152 valence electrons. The Hall–Kier alpha value is -3.26. The Morgan fingerprint density at radius 1 is 1.13 bits per heavy atom. The number of nitrogens with one attached hydrogen (secondary N) is 1. The highest BCUT2D eigenvalue weighted by atomic mass is 19.1. The first-order chi connectivity index (χ1) is 14.5. The lowest BCUT2D eigenvalue weighted by Gasteiger charge is -2.32. The zero-order valence-electron chi connectivity index (χ0n) is 16.9. The van der Waals surface area contributed by atoms with Crippen molar-refractivity contribution in [3.05, 3.63) is 71.7 Å². The molecule has 1 atom stereocenters. The number of aromatic nitrogens is 1. The van der Waals surface area contributed by atoms with Gasteiger partial charge < -0.3 is 5.32 Å². The highest BCUT2D eigenvalue weighted by Gasteiger charge is 2.30. The molecule has 5 heteroatoms. The monoisotopic (exact) mass is 401 g/mol. The predicted octanol–water partition coefficient (Wildman–Crippen LogP) is 5.79. The van der Waals surface area contributed by atoms with E-state index in [-0.39, 0.29) is 17.6 Å². The van der Waals surface area contributed by atoms with Crippen LogP contribution in [-0.2, 0) is 4.79 Å². The third-order valence-electron chi connectivity index (χ3n) is 6.35. The third-order valence-corrected chi connectivity index (χ3v) is 6.35. The molecule has 2 aromatic carbocycles. The molecule has 0 bridgehead atoms. The van der Waals surface area contributed by atoms with Crippen LogP contribution in [0.15, 0.2) is 54.7 Å². The van der Waals surface area contributed by atoms with Gasteiger partial charge in [-0.25, -0.2) is 4.39 Å². The SMILES string of the molecule is CC(C(=O)Nc1ccc(C#N)cc1)C1CCC(c2ccnc3cc(F)ccc23)CC1. The first-order valence-corrected chi connectivity index (χ1v) is 10.4. The van der Waals surface area contributed by atoms with Gasteiger partial charge in [0.15, 0.2) is 0 Å². The zero-order chi connectivity index (χ0) is 21.1. The van der Waals surface area contributed by atoms with E-state index in [0.717, 1.165) is 36.8 Å². The number of halogens is 1. The summed E-state index contributed by atoms with van der Waals surface area (Å²) in [6.45, 7) is 1.99. The Morgan fingerprint density at radius 2 is 1.87 bits per heavy atom. The number of anilines is 1. The second kappa shape index (κ2) is 8.62. The largest absolute Gasteiger partial charge is 0.326 e. The molecule has 0 radical (unpaired) electrons. The highest BCUT2D eigenvalue weighted by Crippen LogP contribution is 2.40. The molecule has 1 saturated carbocycles. The molecule has 1 fully saturated rings. The standard InChI is InChI=1S/C25H24FN3O/c1-16(25(30)29-21-9-2-17(15-27)3-10-21)18-4-6-19(7-5-18)22-12-13-28-24-14-20(26)8-11-23(22)24/h2-3,8-14,16,18-19H,4-7H2,1H3,(H,29,30). The van der Waals surface area contributed by atoms with Gasteiger partial charge in [0.2, 0.25) is 5.91 Å². The predicted molar refractivity (Wildman–Crippen MR) is 115 cm³/mol. The highest BCUT2D eigenvalue weighted by molar-refractivity contribution is 5.92. The average Bonchev–Trinajstić information content (AvgIpc) is 2.78. The van der Waals surface area contributed by atoms with Crippen molar-refractivity contribution in [2.75, 3.05) is 5.32 Å². The smallest absolute Gasteiger partial charge is 0.227 e. The van der Waals surface area contributed by atoms with Gasteiger partial charge in [0.05, 0.1) is 17.1 Å². The summed E-state index contributed by atoms with van der Waals surface area (Å²) < 4.78 is 13.5. The Labute approximate surface area is 175 Å². The van der Waals surface area contributed by atoms with Crippen LogP contribution in [0.25, 0.3) is 10.9 Å². The molecule has 1 amide bonds. The van der Waals surface area contributed by atoms with Crippen molar-refractivity contribution < 1.29 is 9.18 Å². The van der Waals surface area contributed by atoms with Gasteiger partial charge in [-0.3, -0.25) is 9.78 Å². The molecule has 1 N–H and O–H groups in total. The zero-order valence-corrected chi connectivity index (χ0v) is 16.9. The van der Waals surface area contributed by atoms with Crippen LogP contribution in [0.4, 0.5) is 10.1 Å². The number of benzene rings is 2. The first-order valence-electron chi connectivity index (χ1n) is 10.4. The molecule has 30 heavy (non-hydrogen) atoms. The topological polar surface area (TPSA) is 65.8 Å². The van der Waals surface area contributed by atoms with E-state index in [1.165, 1.54) is 17.7 Å². The molecule has 4 nitrogen and oxygen atoms in total. The number of pyridine rings is 1. The molecule has 1 unspecified atom stereocenters. The summed E-state index contributed by atoms with van der Waals surface area (Å²) in [5.74, 6) is 0.423. The molecule has 0 saturated heterocycles. The summed E-state index contributed by atoms with van der Waals surface area (Å²) >= 11 is 0. The summed E-state index contributed by atoms with van der Waals surface area (Å²) in [4.78, 5) is 17.0. The molecule has 1 heterocycles. The van der Waals surface area contributed by atoms with Crippen LogP contribution < -0.4 is 5.32 Å². The molecule has 4 rings (SSSR count). The van der Waals surface area contributed by atoms with Crippen LogP contribution in [0, 0.1) is 29.0 Å². The summed E-state index contributed by atoms with van der Waals surface area (Å²) in [5.41, 5.74) is 3.22. The third kappa shape index (κ3) is 4.18. The van der Waals surface area contributed by atoms with Gasteiger partial charge in [0.25, 0.3) is 0 Å². The minimum Gasteiger partial charge on any atom is -0.326 e. The van der Waals surface area contributed by atoms with Crippen LogP contribution in [0.5, 0.6) is 0 Å². The molecule has 1 aliphatic carbocycles. The van der Waals surface area contributed by atoms with Gasteiger partial charge >= 0.3 is 0 Å². The molecule has 1 aromatic heterocycles. The normalized spacial score (nSPS) is 19.8. The molecular formula is C25H24FN3O. The number of rotatable bonds is 4. The fourth-order valence-corrected chi connectivity index (χ4v) is 4.53. The van der Waals surface area contributed by atoms with Gasteiger partial charge in [0, 0.05) is 29.3 Å². The Kier molecular flexibility index (Phi) is 5.76. The second-order valence-corrected chi connectivity index (χ2v) is 8.14. The number of nitrogens with zero attached hydrogens (tertiary/aromatic N) is 2. The van der Waals surface area contributed by atoms with E-state index >= 15 is 0 Å². The van der Waals surface area contributed by atoms with Crippen molar-refractivity contribution in [1.29, 1.82) is 5.26 Å². The minimum absolute atomic E-state index is 0.0213. The van der Waals surface area contributed by atoms with E-state index in [1.54, 1.807) is 30.5 Å². The van der Waals surface area contributed by atoms with Gasteiger partial charge in [0.1, 0.15) is 5.82 Å². The number of hydrogen-bond acceptors (Lipinski definition) is 3. The number of fused-ring (bicyclic) bond motifs is 1. The maximum absolute atomic E-state index is 13.5. The summed E-state index contributed by atoms with van der Waals surface area (Å²) in [6.07, 6.45) is 5.75. The quantitative estimate of drug-likeness (QED) is 0.601. The van der Waals surface area contributed by atoms with E-state index in [2.05, 4.69) is 16.4 Å². The fraction of sp³-hybridized carbons (Fsp3) is 0.320. The summed E-state index contributed by atoms with van der Waals surface area (Å²) in [6, 6.07) is 15.9. The number of carbonyl (C=O) groups excluding carboxylic acids is 1. The lowest BCUT2D eigenvalue weighted by atomic mass is 9.73. The van der Waals surface area contributed by atoms with E-state index in [0.29, 0.717) is 22.9 Å². The molecule has 3 aromatic rings. The van der Waals surface area contributed by atoms with Crippen molar-refractivity contribution in [1.82, 2.24) is 4.98 Å². The van der Waals surface area contributed by atoms with Crippen LogP contribution in [0.2, 0.25) is 0 Å². The van der Waals surface area contributed by atoms with E-state index in [4.69, 9.17) is 5.26 Å². The second-order valence-electron chi connectivity index (χ2n) is 8.14. The van der Waals surface area contributed by atoms with Gasteiger partial charge in [-0.05, 0) is 85.5 Å². The van der Waals surface area contributed by atoms with Gasteiger partial charge in [-0.2, -0.15) is 5.26 Å². The Bertz CT molecular complexity index is 1100. The maximum atomic E-state index is 13.5. The molecule has 0 aliphatic heterocycles. The Morgan fingerprint density at radius 3 is 2.57 bits per heavy atom. The maximum Gasteiger partial charge on any atom is 0.227 e. The average molecular weight is 401 g/mol. The number of nitriles is 1.